The van der Waals surface area contributed by atoms with Crippen molar-refractivity contribution in [3.05, 3.63) is 17.0 Å². The van der Waals surface area contributed by atoms with Gasteiger partial charge in [-0.15, -0.1) is 11.3 Å². The average Bonchev–Trinajstić information content (AvgIpc) is 2.34. The summed E-state index contributed by atoms with van der Waals surface area (Å²) in [7, 11) is 5.82. The molecule has 11 heavy (non-hydrogen) atoms. The number of rotatable bonds is 3. The lowest BCUT2D eigenvalue weighted by Crippen LogP contribution is -2.09. The van der Waals surface area contributed by atoms with Crippen molar-refractivity contribution >= 4 is 11.3 Å². The van der Waals surface area contributed by atoms with Gasteiger partial charge in [-0.1, -0.05) is 0 Å². The van der Waals surface area contributed by atoms with Gasteiger partial charge in [-0.3, -0.25) is 0 Å². The molecule has 0 aliphatic carbocycles. The molecule has 3 heteroatoms. The Kier molecular flexibility index (Phi) is 2.91. The molecule has 0 saturated carbocycles. The van der Waals surface area contributed by atoms with Crippen LogP contribution in [0.5, 0.6) is 5.06 Å². The van der Waals surface area contributed by atoms with Crippen LogP contribution in [0.4, 0.5) is 0 Å². The monoisotopic (exact) mass is 171 g/mol. The van der Waals surface area contributed by atoms with Crippen molar-refractivity contribution in [2.45, 2.75) is 6.54 Å². The molecule has 0 radical (unpaired) electrons. The van der Waals surface area contributed by atoms with Gasteiger partial charge in [0.25, 0.3) is 0 Å². The Morgan fingerprint density at radius 2 is 2.18 bits per heavy atom. The Bertz CT molecular complexity index is 220. The first kappa shape index (κ1) is 8.56. The van der Waals surface area contributed by atoms with Gasteiger partial charge in [0.1, 0.15) is 0 Å². The third-order valence-corrected chi connectivity index (χ3v) is 2.34. The molecule has 0 spiro atoms. The highest BCUT2D eigenvalue weighted by molar-refractivity contribution is 7.13. The molecule has 0 fully saturated rings. The van der Waals surface area contributed by atoms with E-state index in [1.807, 2.05) is 6.07 Å². The van der Waals surface area contributed by atoms with Gasteiger partial charge in [-0.05, 0) is 26.2 Å². The minimum atomic E-state index is 0.988. The molecule has 0 aromatic carbocycles. The van der Waals surface area contributed by atoms with E-state index in [0.717, 1.165) is 11.6 Å². The molecule has 62 valence electrons. The molecule has 1 aromatic rings. The summed E-state index contributed by atoms with van der Waals surface area (Å²) in [4.78, 5) is 3.48. The van der Waals surface area contributed by atoms with Gasteiger partial charge in [0.2, 0.25) is 0 Å². The fourth-order valence-electron chi connectivity index (χ4n) is 0.865. The van der Waals surface area contributed by atoms with Crippen LogP contribution in [0.3, 0.4) is 0 Å². The minimum Gasteiger partial charge on any atom is -0.487 e. The van der Waals surface area contributed by atoms with Gasteiger partial charge in [0, 0.05) is 11.4 Å². The fraction of sp³-hybridized carbons (Fsp3) is 0.500. The molecule has 0 saturated heterocycles. The zero-order valence-corrected chi connectivity index (χ0v) is 7.94. The average molecular weight is 171 g/mol. The molecule has 2 nitrogen and oxygen atoms in total. The standard InChI is InChI=1S/C8H13NOS/c1-9(2)6-7-4-5-8(10-3)11-7/h4-5H,6H2,1-3H3. The van der Waals surface area contributed by atoms with Crippen LogP contribution in [0.15, 0.2) is 12.1 Å². The summed E-state index contributed by atoms with van der Waals surface area (Å²) in [6, 6.07) is 4.10. The largest absolute Gasteiger partial charge is 0.487 e. The van der Waals surface area contributed by atoms with E-state index < -0.39 is 0 Å². The first-order valence-electron chi connectivity index (χ1n) is 3.50. The molecule has 0 aliphatic rings. The summed E-state index contributed by atoms with van der Waals surface area (Å²) in [6.07, 6.45) is 0. The van der Waals surface area contributed by atoms with E-state index >= 15 is 0 Å². The van der Waals surface area contributed by atoms with Crippen molar-refractivity contribution in [3.8, 4) is 5.06 Å². The molecule has 0 atom stereocenters. The van der Waals surface area contributed by atoms with Gasteiger partial charge in [0.05, 0.1) is 7.11 Å². The summed E-state index contributed by atoms with van der Waals surface area (Å²) in [5.74, 6) is 0. The Hall–Kier alpha value is -0.540. The summed E-state index contributed by atoms with van der Waals surface area (Å²) >= 11 is 1.70. The molecule has 0 amide bonds. The lowest BCUT2D eigenvalue weighted by Gasteiger charge is -2.05. The quantitative estimate of drug-likeness (QED) is 0.688. The van der Waals surface area contributed by atoms with Gasteiger partial charge >= 0.3 is 0 Å². The number of methoxy groups -OCH3 is 1. The van der Waals surface area contributed by atoms with Gasteiger partial charge < -0.3 is 9.64 Å². The summed E-state index contributed by atoms with van der Waals surface area (Å²) in [6.45, 7) is 0.994. The third kappa shape index (κ3) is 2.52. The van der Waals surface area contributed by atoms with E-state index in [-0.39, 0.29) is 0 Å². The number of hydrogen-bond donors (Lipinski definition) is 0. The summed E-state index contributed by atoms with van der Waals surface area (Å²) in [5, 5.41) is 0.988. The van der Waals surface area contributed by atoms with Crippen LogP contribution in [0.2, 0.25) is 0 Å². The highest BCUT2D eigenvalue weighted by Crippen LogP contribution is 2.24. The minimum absolute atomic E-state index is 0.988. The molecular weight excluding hydrogens is 158 g/mol. The van der Waals surface area contributed by atoms with E-state index in [1.165, 1.54) is 4.88 Å². The first-order valence-corrected chi connectivity index (χ1v) is 4.31. The maximum atomic E-state index is 5.08. The molecule has 0 N–H and O–H groups in total. The van der Waals surface area contributed by atoms with Crippen LogP contribution < -0.4 is 4.74 Å². The van der Waals surface area contributed by atoms with Crippen LogP contribution in [-0.2, 0) is 6.54 Å². The Morgan fingerprint density at radius 3 is 2.64 bits per heavy atom. The first-order chi connectivity index (χ1) is 5.22. The second-order valence-corrected chi connectivity index (χ2v) is 3.79. The van der Waals surface area contributed by atoms with Crippen LogP contribution in [0, 0.1) is 0 Å². The Labute approximate surface area is 71.4 Å². The van der Waals surface area contributed by atoms with Crippen molar-refractivity contribution < 1.29 is 4.74 Å². The van der Waals surface area contributed by atoms with Crippen molar-refractivity contribution in [2.75, 3.05) is 21.2 Å². The predicted molar refractivity (Wildman–Crippen MR) is 48.3 cm³/mol. The van der Waals surface area contributed by atoms with Crippen molar-refractivity contribution in [1.29, 1.82) is 0 Å². The van der Waals surface area contributed by atoms with E-state index in [4.69, 9.17) is 4.74 Å². The zero-order valence-electron chi connectivity index (χ0n) is 7.13. The maximum Gasteiger partial charge on any atom is 0.173 e. The summed E-state index contributed by atoms with van der Waals surface area (Å²) in [5.41, 5.74) is 0. The lowest BCUT2D eigenvalue weighted by molar-refractivity contribution is 0.406. The Morgan fingerprint density at radius 1 is 1.45 bits per heavy atom. The summed E-state index contributed by atoms with van der Waals surface area (Å²) < 4.78 is 5.08. The highest BCUT2D eigenvalue weighted by Gasteiger charge is 1.99. The number of nitrogens with zero attached hydrogens (tertiary/aromatic N) is 1. The van der Waals surface area contributed by atoms with E-state index in [1.54, 1.807) is 18.4 Å². The molecule has 1 heterocycles. The van der Waals surface area contributed by atoms with Crippen LogP contribution in [0.25, 0.3) is 0 Å². The van der Waals surface area contributed by atoms with Gasteiger partial charge in [-0.25, -0.2) is 0 Å². The van der Waals surface area contributed by atoms with Crippen LogP contribution >= 0.6 is 11.3 Å². The fourth-order valence-corrected chi connectivity index (χ4v) is 1.80. The van der Waals surface area contributed by atoms with Crippen LogP contribution in [0.1, 0.15) is 4.88 Å². The second-order valence-electron chi connectivity index (χ2n) is 2.66. The second kappa shape index (κ2) is 3.74. The lowest BCUT2D eigenvalue weighted by atomic mass is 10.4. The molecule has 0 bridgehead atoms. The van der Waals surface area contributed by atoms with Crippen molar-refractivity contribution in [1.82, 2.24) is 4.90 Å². The molecular formula is C8H13NOS. The normalized spacial score (nSPS) is 10.5. The highest BCUT2D eigenvalue weighted by atomic mass is 32.1. The molecule has 1 aromatic heterocycles. The smallest absolute Gasteiger partial charge is 0.173 e. The number of hydrogen-bond acceptors (Lipinski definition) is 3. The zero-order chi connectivity index (χ0) is 8.27. The predicted octanol–water partition coefficient (Wildman–Crippen LogP) is 1.82. The van der Waals surface area contributed by atoms with Crippen molar-refractivity contribution in [2.24, 2.45) is 0 Å². The topological polar surface area (TPSA) is 12.5 Å². The van der Waals surface area contributed by atoms with Gasteiger partial charge in [-0.2, -0.15) is 0 Å². The van der Waals surface area contributed by atoms with E-state index in [2.05, 4.69) is 25.1 Å². The number of thiophene rings is 1. The maximum absolute atomic E-state index is 5.08. The number of ether oxygens (including phenoxy) is 1. The molecule has 0 aliphatic heterocycles. The van der Waals surface area contributed by atoms with Gasteiger partial charge in [0.15, 0.2) is 5.06 Å². The van der Waals surface area contributed by atoms with E-state index in [9.17, 15) is 0 Å². The van der Waals surface area contributed by atoms with Crippen LogP contribution in [-0.4, -0.2) is 26.1 Å². The third-order valence-electron chi connectivity index (χ3n) is 1.31. The van der Waals surface area contributed by atoms with E-state index in [0.29, 0.717) is 0 Å². The molecule has 0 unspecified atom stereocenters. The van der Waals surface area contributed by atoms with Crippen molar-refractivity contribution in [3.63, 3.8) is 0 Å². The molecule has 1 rings (SSSR count). The Balaban J connectivity index is 2.58. The SMILES string of the molecule is COc1ccc(CN(C)C)s1.